The number of anilines is 2. The molecule has 0 aliphatic carbocycles. The van der Waals surface area contributed by atoms with Crippen LogP contribution in [0.3, 0.4) is 0 Å². The van der Waals surface area contributed by atoms with Crippen molar-refractivity contribution in [2.75, 3.05) is 17.2 Å². The van der Waals surface area contributed by atoms with Crippen LogP contribution in [0.2, 0.25) is 0 Å². The van der Waals surface area contributed by atoms with Crippen molar-refractivity contribution in [2.45, 2.75) is 20.1 Å². The van der Waals surface area contributed by atoms with Gasteiger partial charge in [-0.15, -0.1) is 0 Å². The summed E-state index contributed by atoms with van der Waals surface area (Å²) in [5, 5.41) is 14.4. The van der Waals surface area contributed by atoms with Gasteiger partial charge in [0.25, 0.3) is 0 Å². The first-order valence-electron chi connectivity index (χ1n) is 7.27. The van der Waals surface area contributed by atoms with Gasteiger partial charge in [0, 0.05) is 23.5 Å². The average molecular weight is 336 g/mol. The highest BCUT2D eigenvalue weighted by Gasteiger charge is 2.12. The second kappa shape index (κ2) is 8.26. The highest BCUT2D eigenvalue weighted by Crippen LogP contribution is 2.26. The Morgan fingerprint density at radius 3 is 2.62 bits per heavy atom. The second-order valence-corrected chi connectivity index (χ2v) is 5.08. The van der Waals surface area contributed by atoms with Crippen molar-refractivity contribution in [3.05, 3.63) is 53.6 Å². The van der Waals surface area contributed by atoms with Crippen LogP contribution in [0.15, 0.2) is 42.5 Å². The van der Waals surface area contributed by atoms with E-state index in [-0.39, 0.29) is 12.3 Å². The van der Waals surface area contributed by atoms with Gasteiger partial charge in [-0.05, 0) is 30.7 Å². The Balaban J connectivity index is 2.10. The fourth-order valence-electron chi connectivity index (χ4n) is 2.21. The van der Waals surface area contributed by atoms with Gasteiger partial charge in [-0.1, -0.05) is 24.3 Å². The molecule has 0 aliphatic rings. The minimum absolute atomic E-state index is 0.157. The molecular formula is C17H18F2N2O3. The highest BCUT2D eigenvalue weighted by atomic mass is 19.3. The Morgan fingerprint density at radius 2 is 1.92 bits per heavy atom. The number of benzene rings is 2. The minimum atomic E-state index is -2.89. The van der Waals surface area contributed by atoms with E-state index in [0.717, 1.165) is 0 Å². The zero-order valence-corrected chi connectivity index (χ0v) is 13.1. The van der Waals surface area contributed by atoms with Gasteiger partial charge in [-0.25, -0.2) is 0 Å². The monoisotopic (exact) mass is 336 g/mol. The lowest BCUT2D eigenvalue weighted by Crippen LogP contribution is -2.15. The number of ether oxygens (including phenoxy) is 1. The lowest BCUT2D eigenvalue weighted by molar-refractivity contribution is -0.118. The number of carbonyl (C=O) groups is 1. The molecule has 2 aromatic carbocycles. The topological polar surface area (TPSA) is 70.6 Å². The van der Waals surface area contributed by atoms with Crippen molar-refractivity contribution in [1.82, 2.24) is 0 Å². The number of amides is 1. The molecule has 0 saturated carbocycles. The lowest BCUT2D eigenvalue weighted by Gasteiger charge is -2.15. The molecule has 7 heteroatoms. The number of rotatable bonds is 7. The fraction of sp³-hybridized carbons (Fsp3) is 0.235. The molecule has 0 spiro atoms. The summed E-state index contributed by atoms with van der Waals surface area (Å²) in [5.41, 5.74) is 2.43. The maximum absolute atomic E-state index is 12.5. The molecule has 0 bridgehead atoms. The third-order valence-electron chi connectivity index (χ3n) is 3.27. The Morgan fingerprint density at radius 1 is 1.21 bits per heavy atom. The van der Waals surface area contributed by atoms with E-state index in [4.69, 9.17) is 5.11 Å². The van der Waals surface area contributed by atoms with E-state index in [0.29, 0.717) is 22.5 Å². The summed E-state index contributed by atoms with van der Waals surface area (Å²) in [6, 6.07) is 12.0. The number of halogens is 2. The second-order valence-electron chi connectivity index (χ2n) is 5.08. The Hall–Kier alpha value is -2.67. The predicted molar refractivity (Wildman–Crippen MR) is 87.3 cm³/mol. The Labute approximate surface area is 138 Å². The third-order valence-corrected chi connectivity index (χ3v) is 3.27. The SMILES string of the molecule is Cc1cccc(CNc2cccc(NC(=O)CO)c2)c1OC(F)F. The number of alkyl halides is 2. The molecule has 2 rings (SSSR count). The fourth-order valence-corrected chi connectivity index (χ4v) is 2.21. The summed E-state index contributed by atoms with van der Waals surface area (Å²) in [5.74, 6) is -0.358. The molecular weight excluding hydrogens is 318 g/mol. The van der Waals surface area contributed by atoms with Crippen molar-refractivity contribution in [3.8, 4) is 5.75 Å². The maximum Gasteiger partial charge on any atom is 0.387 e. The van der Waals surface area contributed by atoms with Crippen molar-refractivity contribution in [2.24, 2.45) is 0 Å². The van der Waals surface area contributed by atoms with E-state index in [1.807, 2.05) is 0 Å². The molecule has 0 atom stereocenters. The smallest absolute Gasteiger partial charge is 0.387 e. The number of hydrogen-bond acceptors (Lipinski definition) is 4. The van der Waals surface area contributed by atoms with Crippen LogP contribution < -0.4 is 15.4 Å². The molecule has 5 nitrogen and oxygen atoms in total. The summed E-state index contributed by atoms with van der Waals surface area (Å²) in [4.78, 5) is 11.2. The van der Waals surface area contributed by atoms with Gasteiger partial charge in [-0.2, -0.15) is 8.78 Å². The number of aryl methyl sites for hydroxylation is 1. The minimum Gasteiger partial charge on any atom is -0.434 e. The van der Waals surface area contributed by atoms with Crippen molar-refractivity contribution in [1.29, 1.82) is 0 Å². The quantitative estimate of drug-likeness (QED) is 0.726. The molecule has 128 valence electrons. The summed E-state index contributed by atoms with van der Waals surface area (Å²) in [6.07, 6.45) is 0. The number of aliphatic hydroxyl groups is 1. The third kappa shape index (κ3) is 4.92. The van der Waals surface area contributed by atoms with E-state index in [9.17, 15) is 13.6 Å². The van der Waals surface area contributed by atoms with Crippen LogP contribution in [0.5, 0.6) is 5.75 Å². The van der Waals surface area contributed by atoms with E-state index in [2.05, 4.69) is 15.4 Å². The summed E-state index contributed by atoms with van der Waals surface area (Å²) in [6.45, 7) is -1.51. The number of aliphatic hydroxyl groups excluding tert-OH is 1. The van der Waals surface area contributed by atoms with E-state index in [1.165, 1.54) is 0 Å². The molecule has 0 heterocycles. The zero-order chi connectivity index (χ0) is 17.5. The van der Waals surface area contributed by atoms with Gasteiger partial charge in [0.2, 0.25) is 5.91 Å². The zero-order valence-electron chi connectivity index (χ0n) is 13.1. The molecule has 0 fully saturated rings. The van der Waals surface area contributed by atoms with Crippen LogP contribution in [0.25, 0.3) is 0 Å². The van der Waals surface area contributed by atoms with Gasteiger partial charge in [0.1, 0.15) is 12.4 Å². The average Bonchev–Trinajstić information content (AvgIpc) is 2.55. The molecule has 2 aromatic rings. The predicted octanol–water partition coefficient (Wildman–Crippen LogP) is 3.14. The number of nitrogens with one attached hydrogen (secondary N) is 2. The maximum atomic E-state index is 12.5. The van der Waals surface area contributed by atoms with Crippen molar-refractivity contribution in [3.63, 3.8) is 0 Å². The molecule has 3 N–H and O–H groups in total. The molecule has 0 unspecified atom stereocenters. The molecule has 0 aliphatic heterocycles. The van der Waals surface area contributed by atoms with Gasteiger partial charge < -0.3 is 20.5 Å². The van der Waals surface area contributed by atoms with Gasteiger partial charge in [-0.3, -0.25) is 4.79 Å². The van der Waals surface area contributed by atoms with Crippen molar-refractivity contribution < 1.29 is 23.4 Å². The number of carbonyl (C=O) groups excluding carboxylic acids is 1. The highest BCUT2D eigenvalue weighted by molar-refractivity contribution is 5.91. The summed E-state index contributed by atoms with van der Waals surface area (Å²) in [7, 11) is 0. The first-order valence-corrected chi connectivity index (χ1v) is 7.27. The van der Waals surface area contributed by atoms with Gasteiger partial charge >= 0.3 is 6.61 Å². The lowest BCUT2D eigenvalue weighted by atomic mass is 10.1. The van der Waals surface area contributed by atoms with E-state index < -0.39 is 19.1 Å². The summed E-state index contributed by atoms with van der Waals surface area (Å²) >= 11 is 0. The molecule has 1 amide bonds. The van der Waals surface area contributed by atoms with Crippen molar-refractivity contribution >= 4 is 17.3 Å². The molecule has 0 aromatic heterocycles. The van der Waals surface area contributed by atoms with Gasteiger partial charge in [0.05, 0.1) is 0 Å². The largest absolute Gasteiger partial charge is 0.434 e. The van der Waals surface area contributed by atoms with Gasteiger partial charge in [0.15, 0.2) is 0 Å². The van der Waals surface area contributed by atoms with E-state index in [1.54, 1.807) is 49.4 Å². The first kappa shape index (κ1) is 17.7. The van der Waals surface area contributed by atoms with Crippen LogP contribution in [0, 0.1) is 6.92 Å². The van der Waals surface area contributed by atoms with Crippen LogP contribution >= 0.6 is 0 Å². The number of hydrogen-bond donors (Lipinski definition) is 3. The number of para-hydroxylation sites is 1. The van der Waals surface area contributed by atoms with Crippen LogP contribution in [0.1, 0.15) is 11.1 Å². The Kier molecular flexibility index (Phi) is 6.08. The molecule has 24 heavy (non-hydrogen) atoms. The standard InChI is InChI=1S/C17H18F2N2O3/c1-11-4-2-5-12(16(11)24-17(18)19)9-20-13-6-3-7-14(8-13)21-15(23)10-22/h2-8,17,20,22H,9-10H2,1H3,(H,21,23). The Bertz CT molecular complexity index is 708. The first-order chi connectivity index (χ1) is 11.5. The van der Waals surface area contributed by atoms with E-state index >= 15 is 0 Å². The summed E-state index contributed by atoms with van der Waals surface area (Å²) < 4.78 is 29.7. The van der Waals surface area contributed by atoms with Crippen LogP contribution in [-0.4, -0.2) is 24.2 Å². The molecule has 0 saturated heterocycles. The van der Waals surface area contributed by atoms with Crippen LogP contribution in [0.4, 0.5) is 20.2 Å². The van der Waals surface area contributed by atoms with Crippen LogP contribution in [-0.2, 0) is 11.3 Å². The normalized spacial score (nSPS) is 10.5. The molecule has 0 radical (unpaired) electrons.